The summed E-state index contributed by atoms with van der Waals surface area (Å²) in [6.07, 6.45) is 15.1. The van der Waals surface area contributed by atoms with E-state index < -0.39 is 0 Å². The maximum absolute atomic E-state index is 5.92. The molecule has 4 aromatic rings. The number of allylic oxidation sites excluding steroid dienone is 4. The van der Waals surface area contributed by atoms with Crippen molar-refractivity contribution >= 4 is 44.4 Å². The lowest BCUT2D eigenvalue weighted by molar-refractivity contribution is 0.393. The average Bonchev–Trinajstić information content (AvgIpc) is 3.83. The second-order valence-corrected chi connectivity index (χ2v) is 15.7. The Morgan fingerprint density at radius 1 is 0.481 bits per heavy atom. The lowest BCUT2D eigenvalue weighted by Gasteiger charge is -2.15. The molecule has 0 fully saturated rings. The molecule has 0 saturated heterocycles. The van der Waals surface area contributed by atoms with E-state index in [1.807, 2.05) is 0 Å². The van der Waals surface area contributed by atoms with E-state index >= 15 is 0 Å². The monoisotopic (exact) mass is 724 g/mol. The van der Waals surface area contributed by atoms with Gasteiger partial charge in [0.2, 0.25) is 0 Å². The second kappa shape index (κ2) is 16.4. The molecular weight excluding hydrogens is 665 g/mol. The topological polar surface area (TPSA) is 75.8 Å². The number of nitrogens with zero attached hydrogens (tertiary/aromatic N) is 2. The first-order valence-electron chi connectivity index (χ1n) is 20.6. The predicted molar refractivity (Wildman–Crippen MR) is 227 cm³/mol. The van der Waals surface area contributed by atoms with Crippen LogP contribution in [0.1, 0.15) is 148 Å². The summed E-state index contributed by atoms with van der Waals surface area (Å²) in [4.78, 5) is 18.5. The molecule has 0 aliphatic carbocycles. The molecule has 54 heavy (non-hydrogen) atoms. The maximum Gasteiger partial charge on any atom is 0.122 e. The van der Waals surface area contributed by atoms with Gasteiger partial charge in [-0.1, -0.05) is 39.5 Å². The van der Waals surface area contributed by atoms with Crippen LogP contribution in [-0.4, -0.2) is 34.2 Å². The third-order valence-electron chi connectivity index (χ3n) is 12.4. The van der Waals surface area contributed by atoms with Crippen molar-refractivity contribution in [2.75, 3.05) is 14.2 Å². The number of hydrogen-bond acceptors (Lipinski definition) is 4. The highest BCUT2D eigenvalue weighted by atomic mass is 16.5. The fourth-order valence-electron chi connectivity index (χ4n) is 9.11. The molecule has 3 aromatic heterocycles. The fourth-order valence-corrected chi connectivity index (χ4v) is 9.11. The van der Waals surface area contributed by atoms with E-state index in [1.165, 1.54) is 92.4 Å². The predicted octanol–water partition coefficient (Wildman–Crippen LogP) is 12.6. The largest absolute Gasteiger partial charge is 0.496 e. The SMILES string of the molecule is CCc1c(C)c2cc3nc4cc5[nH]c(cc6nc(cc1[nH]2)C(=C6C)CCCCCCc1cc(OC)c(cc1OC)CCCCCCC4=C3C)c(C)c5CC. The van der Waals surface area contributed by atoms with Gasteiger partial charge in [0.05, 0.1) is 37.0 Å². The van der Waals surface area contributed by atoms with Gasteiger partial charge in [0.1, 0.15) is 11.5 Å². The second-order valence-electron chi connectivity index (χ2n) is 15.7. The molecule has 0 atom stereocenters. The van der Waals surface area contributed by atoms with E-state index in [1.54, 1.807) is 14.2 Å². The number of benzene rings is 1. The minimum atomic E-state index is 0.955. The Bertz CT molecular complexity index is 2120. The van der Waals surface area contributed by atoms with Crippen molar-refractivity contribution in [1.29, 1.82) is 0 Å². The van der Waals surface area contributed by atoms with Gasteiger partial charge in [-0.25, -0.2) is 9.97 Å². The van der Waals surface area contributed by atoms with Gasteiger partial charge in [-0.05, 0) is 184 Å². The third kappa shape index (κ3) is 7.41. The van der Waals surface area contributed by atoms with Crippen molar-refractivity contribution in [3.8, 4) is 11.5 Å². The van der Waals surface area contributed by atoms with Crippen molar-refractivity contribution in [2.45, 2.75) is 131 Å². The van der Waals surface area contributed by atoms with Crippen LogP contribution in [0.4, 0.5) is 0 Å². The van der Waals surface area contributed by atoms with Crippen LogP contribution < -0.4 is 9.47 Å². The Kier molecular flexibility index (Phi) is 11.5. The number of rotatable bonds is 4. The van der Waals surface area contributed by atoms with Crippen LogP contribution in [0.2, 0.25) is 0 Å². The Labute approximate surface area is 322 Å². The molecule has 0 radical (unpaired) electrons. The summed E-state index contributed by atoms with van der Waals surface area (Å²) in [6.45, 7) is 13.6. The molecule has 6 nitrogen and oxygen atoms in total. The van der Waals surface area contributed by atoms with Crippen LogP contribution in [0.25, 0.3) is 44.4 Å². The van der Waals surface area contributed by atoms with Gasteiger partial charge in [0.25, 0.3) is 0 Å². The van der Waals surface area contributed by atoms with Gasteiger partial charge in [-0.15, -0.1) is 0 Å². The van der Waals surface area contributed by atoms with Gasteiger partial charge < -0.3 is 19.4 Å². The van der Waals surface area contributed by atoms with Crippen molar-refractivity contribution in [1.82, 2.24) is 19.9 Å². The van der Waals surface area contributed by atoms with E-state index in [-0.39, 0.29) is 0 Å². The number of aromatic amines is 2. The summed E-state index contributed by atoms with van der Waals surface area (Å²) >= 11 is 0. The average molecular weight is 725 g/mol. The Morgan fingerprint density at radius 3 is 1.22 bits per heavy atom. The van der Waals surface area contributed by atoms with Gasteiger partial charge in [0, 0.05) is 22.1 Å². The lowest BCUT2D eigenvalue weighted by atomic mass is 9.97. The zero-order valence-corrected chi connectivity index (χ0v) is 34.1. The molecular formula is C48H60N4O2. The number of hydrogen-bond donors (Lipinski definition) is 2. The van der Waals surface area contributed by atoms with E-state index in [2.05, 4.69) is 87.9 Å². The van der Waals surface area contributed by atoms with Crippen molar-refractivity contribution in [3.63, 3.8) is 0 Å². The minimum absolute atomic E-state index is 0.955. The number of aryl methyl sites for hydroxylation is 6. The molecule has 6 aliphatic rings. The van der Waals surface area contributed by atoms with Crippen molar-refractivity contribution < 1.29 is 9.47 Å². The fraction of sp³-hybridized carbons (Fsp3) is 0.458. The quantitative estimate of drug-likeness (QED) is 0.220. The number of aromatic nitrogens is 4. The van der Waals surface area contributed by atoms with Gasteiger partial charge in [-0.3, -0.25) is 0 Å². The number of nitrogens with one attached hydrogen (secondary N) is 2. The summed E-state index contributed by atoms with van der Waals surface area (Å²) in [5.41, 5.74) is 22.0. The molecule has 9 heterocycles. The van der Waals surface area contributed by atoms with E-state index in [0.717, 1.165) is 110 Å². The standard InChI is InChI=1S/C48H60N4O2/c1-9-35-29(3)39-25-41-32(6)38-22-18-14-12-16-20-34-24-47(53-7)33(23-48(34)54-8)19-15-11-13-17-21-37-31(5)42(51-45(37)27-43(35)49-39)26-40-30(4)36(10-2)44(50-40)28-46(38)52-41/h23-28,49-50H,9-22H2,1-8H3. The molecule has 2 N–H and O–H groups in total. The molecule has 284 valence electrons. The maximum atomic E-state index is 5.92. The molecule has 10 rings (SSSR count). The van der Waals surface area contributed by atoms with E-state index in [9.17, 15) is 0 Å². The first-order chi connectivity index (χ1) is 26.2. The summed E-state index contributed by atoms with van der Waals surface area (Å²) in [7, 11) is 3.60. The zero-order chi connectivity index (χ0) is 37.9. The van der Waals surface area contributed by atoms with Crippen LogP contribution in [-0.2, 0) is 25.7 Å². The van der Waals surface area contributed by atoms with Gasteiger partial charge >= 0.3 is 0 Å². The molecule has 0 saturated carbocycles. The summed E-state index contributed by atoms with van der Waals surface area (Å²) in [5, 5.41) is 0. The summed E-state index contributed by atoms with van der Waals surface area (Å²) in [5.74, 6) is 1.99. The Morgan fingerprint density at radius 2 is 0.852 bits per heavy atom. The Balaban J connectivity index is 1.39. The van der Waals surface area contributed by atoms with Crippen LogP contribution in [0.3, 0.4) is 0 Å². The van der Waals surface area contributed by atoms with Crippen molar-refractivity contribution in [2.24, 2.45) is 0 Å². The summed E-state index contributed by atoms with van der Waals surface area (Å²) < 4.78 is 11.8. The smallest absolute Gasteiger partial charge is 0.122 e. The molecule has 1 aromatic carbocycles. The lowest BCUT2D eigenvalue weighted by Crippen LogP contribution is -1.99. The molecule has 0 spiro atoms. The number of H-pyrrole nitrogens is 2. The molecule has 6 heteroatoms. The number of ether oxygens (including phenoxy) is 2. The van der Waals surface area contributed by atoms with Crippen LogP contribution in [0, 0.1) is 13.8 Å². The first kappa shape index (κ1) is 37.7. The third-order valence-corrected chi connectivity index (χ3v) is 12.4. The van der Waals surface area contributed by atoms with Crippen LogP contribution in [0.5, 0.6) is 11.5 Å². The molecule has 0 unspecified atom stereocenters. The van der Waals surface area contributed by atoms with Crippen LogP contribution in [0.15, 0.2) is 36.4 Å². The summed E-state index contributed by atoms with van der Waals surface area (Å²) in [6, 6.07) is 13.7. The van der Waals surface area contributed by atoms with Crippen molar-refractivity contribution in [3.05, 3.63) is 92.6 Å². The minimum Gasteiger partial charge on any atom is -0.496 e. The molecule has 6 aliphatic heterocycles. The number of methoxy groups -OCH3 is 2. The van der Waals surface area contributed by atoms with Gasteiger partial charge in [0.15, 0.2) is 0 Å². The highest BCUT2D eigenvalue weighted by Crippen LogP contribution is 2.38. The van der Waals surface area contributed by atoms with Gasteiger partial charge in [-0.2, -0.15) is 0 Å². The van der Waals surface area contributed by atoms with E-state index in [4.69, 9.17) is 19.4 Å². The Hall–Kier alpha value is -4.58. The highest BCUT2D eigenvalue weighted by molar-refractivity contribution is 5.95. The molecule has 0 amide bonds. The normalized spacial score (nSPS) is 16.0. The first-order valence-corrected chi connectivity index (χ1v) is 20.6. The van der Waals surface area contributed by atoms with E-state index in [0.29, 0.717) is 0 Å². The molecule has 12 bridgehead atoms. The van der Waals surface area contributed by atoms with Crippen LogP contribution >= 0.6 is 0 Å². The zero-order valence-electron chi connectivity index (χ0n) is 34.1. The highest BCUT2D eigenvalue weighted by Gasteiger charge is 2.21.